The van der Waals surface area contributed by atoms with Crippen LogP contribution in [-0.2, 0) is 0 Å². The van der Waals surface area contributed by atoms with Gasteiger partial charge in [-0.25, -0.2) is 5.43 Å². The van der Waals surface area contributed by atoms with Gasteiger partial charge in [0.25, 0.3) is 5.91 Å². The topological polar surface area (TPSA) is 80.2 Å². The van der Waals surface area contributed by atoms with Crippen molar-refractivity contribution in [1.82, 2.24) is 5.43 Å². The zero-order valence-electron chi connectivity index (χ0n) is 12.6. The Balaban J connectivity index is 1.73. The van der Waals surface area contributed by atoms with Crippen LogP contribution in [0, 0.1) is 0 Å². The van der Waals surface area contributed by atoms with E-state index >= 15 is 0 Å². The summed E-state index contributed by atoms with van der Waals surface area (Å²) in [6, 6.07) is 11.6. The number of hydrazone groups is 1. The van der Waals surface area contributed by atoms with Gasteiger partial charge in [0.2, 0.25) is 0 Å². The molecule has 118 valence electrons. The molecule has 6 nitrogen and oxygen atoms in total. The third-order valence-corrected chi connectivity index (χ3v) is 3.39. The van der Waals surface area contributed by atoms with E-state index in [1.54, 1.807) is 19.1 Å². The molecule has 0 unspecified atom stereocenters. The van der Waals surface area contributed by atoms with Crippen LogP contribution in [0.15, 0.2) is 47.6 Å². The number of ether oxygens (including phenoxy) is 2. The number of nitrogens with one attached hydrogen (secondary N) is 1. The van der Waals surface area contributed by atoms with Gasteiger partial charge in [0.15, 0.2) is 11.5 Å². The molecule has 6 heteroatoms. The zero-order chi connectivity index (χ0) is 16.2. The summed E-state index contributed by atoms with van der Waals surface area (Å²) in [6.45, 7) is 2.84. The second-order valence-electron chi connectivity index (χ2n) is 5.05. The second kappa shape index (κ2) is 6.39. The lowest BCUT2D eigenvalue weighted by Gasteiger charge is -2.18. The van der Waals surface area contributed by atoms with Crippen LogP contribution in [0.3, 0.4) is 0 Å². The molecule has 3 rings (SSSR count). The highest BCUT2D eigenvalue weighted by Crippen LogP contribution is 2.30. The number of benzene rings is 2. The molecule has 1 heterocycles. The number of phenolic OH excluding ortho intramolecular Hbond substituents is 1. The average Bonchev–Trinajstić information content (AvgIpc) is 2.59. The number of hydrogen-bond acceptors (Lipinski definition) is 5. The molecule has 0 saturated carbocycles. The SMILES string of the molecule is C/C(=N/NC(=O)c1cccc(O)c1)c1ccc2c(c1)OCCO2. The molecule has 1 amide bonds. The van der Waals surface area contributed by atoms with Gasteiger partial charge in [-0.3, -0.25) is 4.79 Å². The molecule has 0 radical (unpaired) electrons. The molecule has 0 saturated heterocycles. The van der Waals surface area contributed by atoms with E-state index in [4.69, 9.17) is 9.47 Å². The summed E-state index contributed by atoms with van der Waals surface area (Å²) in [5, 5.41) is 13.5. The van der Waals surface area contributed by atoms with E-state index in [2.05, 4.69) is 10.5 Å². The average molecular weight is 312 g/mol. The van der Waals surface area contributed by atoms with E-state index in [1.165, 1.54) is 12.1 Å². The number of carbonyl (C=O) groups is 1. The summed E-state index contributed by atoms with van der Waals surface area (Å²) in [7, 11) is 0. The summed E-state index contributed by atoms with van der Waals surface area (Å²) in [6.07, 6.45) is 0. The minimum atomic E-state index is -0.391. The van der Waals surface area contributed by atoms with E-state index in [0.717, 1.165) is 5.56 Å². The van der Waals surface area contributed by atoms with Crippen LogP contribution in [0.1, 0.15) is 22.8 Å². The summed E-state index contributed by atoms with van der Waals surface area (Å²) in [4.78, 5) is 12.0. The number of carbonyl (C=O) groups excluding carboxylic acids is 1. The number of hydrogen-bond donors (Lipinski definition) is 2. The molecule has 1 aliphatic heterocycles. The van der Waals surface area contributed by atoms with Crippen LogP contribution in [-0.4, -0.2) is 29.9 Å². The Labute approximate surface area is 133 Å². The summed E-state index contributed by atoms with van der Waals surface area (Å²) < 4.78 is 11.0. The number of fused-ring (bicyclic) bond motifs is 1. The Morgan fingerprint density at radius 3 is 2.65 bits per heavy atom. The lowest BCUT2D eigenvalue weighted by molar-refractivity contribution is 0.0954. The first-order valence-corrected chi connectivity index (χ1v) is 7.17. The Bertz CT molecular complexity index is 771. The lowest BCUT2D eigenvalue weighted by atomic mass is 10.1. The van der Waals surface area contributed by atoms with E-state index < -0.39 is 5.91 Å². The third kappa shape index (κ3) is 3.42. The van der Waals surface area contributed by atoms with Crippen molar-refractivity contribution in [3.63, 3.8) is 0 Å². The number of phenols is 1. The predicted octanol–water partition coefficient (Wildman–Crippen LogP) is 2.32. The van der Waals surface area contributed by atoms with Crippen molar-refractivity contribution in [2.75, 3.05) is 13.2 Å². The van der Waals surface area contributed by atoms with Crippen molar-refractivity contribution in [3.05, 3.63) is 53.6 Å². The highest BCUT2D eigenvalue weighted by Gasteiger charge is 2.13. The molecular weight excluding hydrogens is 296 g/mol. The Hall–Kier alpha value is -3.02. The van der Waals surface area contributed by atoms with E-state index in [9.17, 15) is 9.90 Å². The quantitative estimate of drug-likeness (QED) is 0.673. The lowest BCUT2D eigenvalue weighted by Crippen LogP contribution is -2.19. The molecule has 0 atom stereocenters. The van der Waals surface area contributed by atoms with Gasteiger partial charge in [-0.15, -0.1) is 0 Å². The molecule has 0 bridgehead atoms. The number of aromatic hydroxyl groups is 1. The van der Waals surface area contributed by atoms with Crippen LogP contribution >= 0.6 is 0 Å². The van der Waals surface area contributed by atoms with E-state index in [0.29, 0.717) is 36.0 Å². The maximum atomic E-state index is 12.0. The predicted molar refractivity (Wildman–Crippen MR) is 85.2 cm³/mol. The van der Waals surface area contributed by atoms with E-state index in [1.807, 2.05) is 18.2 Å². The first-order valence-electron chi connectivity index (χ1n) is 7.17. The number of amides is 1. The third-order valence-electron chi connectivity index (χ3n) is 3.39. The van der Waals surface area contributed by atoms with Gasteiger partial charge >= 0.3 is 0 Å². The Morgan fingerprint density at radius 2 is 1.87 bits per heavy atom. The molecule has 2 aromatic rings. The smallest absolute Gasteiger partial charge is 0.271 e. The van der Waals surface area contributed by atoms with Crippen LogP contribution in [0.4, 0.5) is 0 Å². The molecule has 2 aromatic carbocycles. The van der Waals surface area contributed by atoms with Gasteiger partial charge in [-0.05, 0) is 43.3 Å². The first kappa shape index (κ1) is 14.9. The van der Waals surface area contributed by atoms with Gasteiger partial charge in [0.05, 0.1) is 5.71 Å². The van der Waals surface area contributed by atoms with Gasteiger partial charge in [0.1, 0.15) is 19.0 Å². The van der Waals surface area contributed by atoms with Gasteiger partial charge in [0, 0.05) is 11.1 Å². The highest BCUT2D eigenvalue weighted by atomic mass is 16.6. The highest BCUT2D eigenvalue weighted by molar-refractivity contribution is 6.01. The second-order valence-corrected chi connectivity index (χ2v) is 5.05. The number of nitrogens with zero attached hydrogens (tertiary/aromatic N) is 1. The summed E-state index contributed by atoms with van der Waals surface area (Å²) >= 11 is 0. The standard InChI is InChI=1S/C17H16N2O4/c1-11(12-5-6-15-16(10-12)23-8-7-22-15)18-19-17(21)13-3-2-4-14(20)9-13/h2-6,9-10,20H,7-8H2,1H3,(H,19,21)/b18-11-. The minimum absolute atomic E-state index is 0.0326. The molecule has 1 aliphatic rings. The molecule has 23 heavy (non-hydrogen) atoms. The molecule has 2 N–H and O–H groups in total. The summed E-state index contributed by atoms with van der Waals surface area (Å²) in [5.74, 6) is 1.02. The molecule has 0 spiro atoms. The van der Waals surface area contributed by atoms with Crippen LogP contribution in [0.25, 0.3) is 0 Å². The van der Waals surface area contributed by atoms with Crippen LogP contribution in [0.5, 0.6) is 17.2 Å². The van der Waals surface area contributed by atoms with Crippen molar-refractivity contribution in [2.45, 2.75) is 6.92 Å². The monoisotopic (exact) mass is 312 g/mol. The largest absolute Gasteiger partial charge is 0.508 e. The fourth-order valence-electron chi connectivity index (χ4n) is 2.18. The molecule has 0 aliphatic carbocycles. The maximum Gasteiger partial charge on any atom is 0.271 e. The normalized spacial score (nSPS) is 13.5. The van der Waals surface area contributed by atoms with Crippen LogP contribution < -0.4 is 14.9 Å². The molecule has 0 fully saturated rings. The first-order chi connectivity index (χ1) is 11.1. The van der Waals surface area contributed by atoms with Crippen molar-refractivity contribution in [3.8, 4) is 17.2 Å². The molecule has 0 aromatic heterocycles. The fraction of sp³-hybridized carbons (Fsp3) is 0.176. The van der Waals surface area contributed by atoms with Crippen molar-refractivity contribution < 1.29 is 19.4 Å². The Kier molecular flexibility index (Phi) is 4.14. The molecular formula is C17H16N2O4. The van der Waals surface area contributed by atoms with Gasteiger partial charge in [-0.2, -0.15) is 5.10 Å². The van der Waals surface area contributed by atoms with Gasteiger partial charge < -0.3 is 14.6 Å². The maximum absolute atomic E-state index is 12.0. The van der Waals surface area contributed by atoms with Crippen LogP contribution in [0.2, 0.25) is 0 Å². The van der Waals surface area contributed by atoms with Gasteiger partial charge in [-0.1, -0.05) is 6.07 Å². The van der Waals surface area contributed by atoms with Crippen molar-refractivity contribution >= 4 is 11.6 Å². The minimum Gasteiger partial charge on any atom is -0.508 e. The summed E-state index contributed by atoms with van der Waals surface area (Å²) in [5.41, 5.74) is 4.27. The van der Waals surface area contributed by atoms with Crippen molar-refractivity contribution in [2.24, 2.45) is 5.10 Å². The Morgan fingerprint density at radius 1 is 1.09 bits per heavy atom. The fourth-order valence-corrected chi connectivity index (χ4v) is 2.18. The number of rotatable bonds is 3. The van der Waals surface area contributed by atoms with E-state index in [-0.39, 0.29) is 5.75 Å². The van der Waals surface area contributed by atoms with Crippen molar-refractivity contribution in [1.29, 1.82) is 0 Å². The zero-order valence-corrected chi connectivity index (χ0v) is 12.6.